The highest BCUT2D eigenvalue weighted by Gasteiger charge is 2.43. The fourth-order valence-corrected chi connectivity index (χ4v) is 3.33. The lowest BCUT2D eigenvalue weighted by atomic mass is 10.2. The molecule has 6 nitrogen and oxygen atoms in total. The molecule has 1 fully saturated rings. The van der Waals surface area contributed by atoms with Crippen molar-refractivity contribution in [2.75, 3.05) is 4.90 Å². The first kappa shape index (κ1) is 16.6. The average Bonchev–Trinajstić information content (AvgIpc) is 3.10. The average molecular weight is 369 g/mol. The molecule has 0 unspecified atom stereocenters. The molecule has 1 atom stereocenters. The van der Waals surface area contributed by atoms with Gasteiger partial charge in [0.25, 0.3) is 5.91 Å². The van der Waals surface area contributed by atoms with E-state index in [1.165, 1.54) is 9.80 Å². The van der Waals surface area contributed by atoms with Crippen molar-refractivity contribution >= 4 is 34.9 Å². The number of anilines is 1. The van der Waals surface area contributed by atoms with Gasteiger partial charge in [-0.2, -0.15) is 0 Å². The summed E-state index contributed by atoms with van der Waals surface area (Å²) in [5.74, 6) is -0.231. The molecule has 1 aliphatic heterocycles. The Morgan fingerprint density at radius 3 is 2.54 bits per heavy atom. The minimum atomic E-state index is -0.545. The summed E-state index contributed by atoms with van der Waals surface area (Å²) in [6.45, 7) is 3.85. The van der Waals surface area contributed by atoms with Crippen LogP contribution in [0, 0.1) is 6.92 Å². The van der Waals surface area contributed by atoms with E-state index in [9.17, 15) is 9.59 Å². The first-order chi connectivity index (χ1) is 12.4. The largest absolute Gasteiger partial charge is 0.332 e. The molecule has 3 amide bonds. The van der Waals surface area contributed by atoms with Gasteiger partial charge in [0.15, 0.2) is 0 Å². The van der Waals surface area contributed by atoms with Crippen LogP contribution in [0.25, 0.3) is 5.65 Å². The normalized spacial score (nSPS) is 17.6. The van der Waals surface area contributed by atoms with Crippen LogP contribution in [0.2, 0.25) is 5.02 Å². The van der Waals surface area contributed by atoms with Crippen LogP contribution in [0.15, 0.2) is 48.8 Å². The summed E-state index contributed by atoms with van der Waals surface area (Å²) in [5, 5.41) is 0.592. The van der Waals surface area contributed by atoms with Crippen LogP contribution < -0.4 is 4.90 Å². The number of amides is 3. The Balaban J connectivity index is 1.62. The third-order valence-electron chi connectivity index (χ3n) is 4.54. The van der Waals surface area contributed by atoms with Crippen LogP contribution in [-0.4, -0.2) is 32.3 Å². The smallest absolute Gasteiger partial charge is 0.305 e. The number of pyridine rings is 1. The number of hydrogen-bond acceptors (Lipinski definition) is 3. The predicted octanol–water partition coefficient (Wildman–Crippen LogP) is 3.65. The second-order valence-corrected chi connectivity index (χ2v) is 6.87. The first-order valence-electron chi connectivity index (χ1n) is 8.28. The maximum Gasteiger partial charge on any atom is 0.332 e. The Bertz CT molecular complexity index is 1010. The second-order valence-electron chi connectivity index (χ2n) is 6.43. The number of nitrogens with zero attached hydrogens (tertiary/aromatic N) is 4. The van der Waals surface area contributed by atoms with E-state index >= 15 is 0 Å². The lowest BCUT2D eigenvalue weighted by Crippen LogP contribution is -2.33. The number of carbonyl (C=O) groups excluding carboxylic acids is 2. The summed E-state index contributed by atoms with van der Waals surface area (Å²) in [7, 11) is 0. The van der Waals surface area contributed by atoms with E-state index in [1.54, 1.807) is 35.9 Å². The van der Waals surface area contributed by atoms with E-state index in [-0.39, 0.29) is 18.5 Å². The summed E-state index contributed by atoms with van der Waals surface area (Å²) >= 11 is 5.99. The van der Waals surface area contributed by atoms with Gasteiger partial charge in [-0.1, -0.05) is 29.3 Å². The van der Waals surface area contributed by atoms with Crippen LogP contribution in [0.3, 0.4) is 0 Å². The van der Waals surface area contributed by atoms with Crippen molar-refractivity contribution < 1.29 is 9.59 Å². The van der Waals surface area contributed by atoms with Gasteiger partial charge in [-0.05, 0) is 38.1 Å². The number of benzene rings is 1. The lowest BCUT2D eigenvalue weighted by molar-refractivity contribution is -0.127. The van der Waals surface area contributed by atoms with E-state index < -0.39 is 6.04 Å². The number of urea groups is 1. The summed E-state index contributed by atoms with van der Waals surface area (Å²) < 4.78 is 1.78. The number of aromatic nitrogens is 2. The Labute approximate surface area is 155 Å². The Morgan fingerprint density at radius 1 is 1.08 bits per heavy atom. The Morgan fingerprint density at radius 2 is 1.81 bits per heavy atom. The Hall–Kier alpha value is -2.86. The maximum atomic E-state index is 12.9. The van der Waals surface area contributed by atoms with Gasteiger partial charge in [-0.15, -0.1) is 0 Å². The van der Waals surface area contributed by atoms with Crippen LogP contribution >= 0.6 is 11.6 Å². The molecule has 3 heterocycles. The number of aryl methyl sites for hydroxylation is 1. The molecule has 132 valence electrons. The fraction of sp³-hybridized carbons (Fsp3) is 0.211. The zero-order valence-corrected chi connectivity index (χ0v) is 15.1. The van der Waals surface area contributed by atoms with E-state index in [0.717, 1.165) is 5.56 Å². The van der Waals surface area contributed by atoms with Crippen molar-refractivity contribution in [3.05, 3.63) is 65.1 Å². The molecule has 0 aliphatic carbocycles. The molecular formula is C19H17ClN4O2. The molecular weight excluding hydrogens is 352 g/mol. The third-order valence-corrected chi connectivity index (χ3v) is 4.77. The van der Waals surface area contributed by atoms with E-state index in [0.29, 0.717) is 22.1 Å². The van der Waals surface area contributed by atoms with Gasteiger partial charge in [0.2, 0.25) is 0 Å². The third kappa shape index (κ3) is 2.72. The fourth-order valence-electron chi connectivity index (χ4n) is 3.17. The van der Waals surface area contributed by atoms with Gasteiger partial charge in [0.05, 0.1) is 17.3 Å². The van der Waals surface area contributed by atoms with Crippen LogP contribution in [-0.2, 0) is 11.3 Å². The number of carbonyl (C=O) groups is 2. The monoisotopic (exact) mass is 368 g/mol. The van der Waals surface area contributed by atoms with Gasteiger partial charge in [-0.25, -0.2) is 9.78 Å². The summed E-state index contributed by atoms with van der Waals surface area (Å²) in [5.41, 5.74) is 3.16. The number of imidazole rings is 1. The zero-order chi connectivity index (χ0) is 18.4. The molecule has 26 heavy (non-hydrogen) atoms. The van der Waals surface area contributed by atoms with Crippen LogP contribution in [0.4, 0.5) is 10.5 Å². The zero-order valence-electron chi connectivity index (χ0n) is 14.4. The summed E-state index contributed by atoms with van der Waals surface area (Å²) in [6, 6.07) is 10.2. The minimum absolute atomic E-state index is 0.129. The molecule has 0 N–H and O–H groups in total. The van der Waals surface area contributed by atoms with E-state index in [2.05, 4.69) is 4.98 Å². The number of hydrogen-bond donors (Lipinski definition) is 0. The summed E-state index contributed by atoms with van der Waals surface area (Å²) in [4.78, 5) is 32.7. The highest BCUT2D eigenvalue weighted by Crippen LogP contribution is 2.27. The van der Waals surface area contributed by atoms with Gasteiger partial charge < -0.3 is 4.40 Å². The molecule has 1 aliphatic rings. The Kier molecular flexibility index (Phi) is 3.92. The molecule has 4 rings (SSSR count). The van der Waals surface area contributed by atoms with Gasteiger partial charge in [0.1, 0.15) is 11.7 Å². The number of rotatable bonds is 3. The van der Waals surface area contributed by atoms with Crippen LogP contribution in [0.5, 0.6) is 0 Å². The lowest BCUT2D eigenvalue weighted by Gasteiger charge is -2.19. The number of fused-ring (bicyclic) bond motifs is 1. The quantitative estimate of drug-likeness (QED) is 0.663. The molecule has 0 spiro atoms. The minimum Gasteiger partial charge on any atom is -0.305 e. The molecule has 1 aromatic carbocycles. The molecule has 2 aromatic heterocycles. The van der Waals surface area contributed by atoms with Crippen molar-refractivity contribution in [2.45, 2.75) is 26.4 Å². The molecule has 0 saturated carbocycles. The van der Waals surface area contributed by atoms with E-state index in [1.807, 2.05) is 31.2 Å². The SMILES string of the molecule is Cc1ccc(N2C(=O)N(Cc3cn4cc(Cl)ccc4n3)C(=O)[C@H]2C)cc1. The van der Waals surface area contributed by atoms with Crippen LogP contribution in [0.1, 0.15) is 18.2 Å². The van der Waals surface area contributed by atoms with Gasteiger partial charge in [0, 0.05) is 18.1 Å². The van der Waals surface area contributed by atoms with Crippen molar-refractivity contribution in [3.63, 3.8) is 0 Å². The topological polar surface area (TPSA) is 57.9 Å². The van der Waals surface area contributed by atoms with Gasteiger partial charge >= 0.3 is 6.03 Å². The molecule has 0 radical (unpaired) electrons. The highest BCUT2D eigenvalue weighted by atomic mass is 35.5. The van der Waals surface area contributed by atoms with E-state index in [4.69, 9.17) is 11.6 Å². The van der Waals surface area contributed by atoms with Crippen molar-refractivity contribution in [2.24, 2.45) is 0 Å². The van der Waals surface area contributed by atoms with Crippen molar-refractivity contribution in [3.8, 4) is 0 Å². The standard InChI is InChI=1S/C19H17ClN4O2/c1-12-3-6-16(7-4-12)24-13(2)18(25)23(19(24)26)11-15-10-22-9-14(20)5-8-17(22)21-15/h3-10,13H,11H2,1-2H3/t13-/m1/s1. The van der Waals surface area contributed by atoms with Gasteiger partial charge in [-0.3, -0.25) is 14.6 Å². The molecule has 7 heteroatoms. The van der Waals surface area contributed by atoms with Crippen molar-refractivity contribution in [1.82, 2.24) is 14.3 Å². The predicted molar refractivity (Wildman–Crippen MR) is 99.3 cm³/mol. The summed E-state index contributed by atoms with van der Waals surface area (Å²) in [6.07, 6.45) is 3.52. The molecule has 1 saturated heterocycles. The molecule has 3 aromatic rings. The second kappa shape index (κ2) is 6.14. The maximum absolute atomic E-state index is 12.9. The highest BCUT2D eigenvalue weighted by molar-refractivity contribution is 6.30. The number of halogens is 1. The first-order valence-corrected chi connectivity index (χ1v) is 8.66. The number of imide groups is 1. The van der Waals surface area contributed by atoms with Crippen molar-refractivity contribution in [1.29, 1.82) is 0 Å². The molecule has 0 bridgehead atoms.